The van der Waals surface area contributed by atoms with Gasteiger partial charge in [0.25, 0.3) is 5.91 Å². The van der Waals surface area contributed by atoms with Gasteiger partial charge < -0.3 is 14.3 Å². The Morgan fingerprint density at radius 3 is 2.87 bits per heavy atom. The average molecular weight is 315 g/mol. The predicted octanol–water partition coefficient (Wildman–Crippen LogP) is 3.27. The molecule has 1 amide bonds. The van der Waals surface area contributed by atoms with E-state index in [1.165, 1.54) is 18.6 Å². The van der Waals surface area contributed by atoms with Crippen LogP contribution in [0.2, 0.25) is 0 Å². The third-order valence-electron chi connectivity index (χ3n) is 3.31. The Morgan fingerprint density at radius 1 is 1.35 bits per heavy atom. The third kappa shape index (κ3) is 3.13. The van der Waals surface area contributed by atoms with Gasteiger partial charge in [0.2, 0.25) is 11.7 Å². The van der Waals surface area contributed by atoms with Crippen LogP contribution in [-0.2, 0) is 0 Å². The van der Waals surface area contributed by atoms with E-state index in [0.29, 0.717) is 5.56 Å². The monoisotopic (exact) mass is 315 g/mol. The molecule has 3 aromatic rings. The van der Waals surface area contributed by atoms with E-state index in [-0.39, 0.29) is 23.2 Å². The molecule has 0 aliphatic rings. The number of nitrogens with one attached hydrogen (secondary N) is 1. The van der Waals surface area contributed by atoms with Gasteiger partial charge in [0.1, 0.15) is 18.1 Å². The summed E-state index contributed by atoms with van der Waals surface area (Å²) >= 11 is 0. The van der Waals surface area contributed by atoms with Crippen molar-refractivity contribution in [1.82, 2.24) is 15.5 Å². The molecule has 6 nitrogen and oxygen atoms in total. The number of halogens is 1. The van der Waals surface area contributed by atoms with Crippen LogP contribution in [0.5, 0.6) is 0 Å². The summed E-state index contributed by atoms with van der Waals surface area (Å²) in [5, 5.41) is 6.47. The second-order valence-corrected chi connectivity index (χ2v) is 5.15. The van der Waals surface area contributed by atoms with Crippen LogP contribution in [-0.4, -0.2) is 16.0 Å². The van der Waals surface area contributed by atoms with Gasteiger partial charge in [-0.25, -0.2) is 4.39 Å². The molecule has 0 bridgehead atoms. The zero-order valence-corrected chi connectivity index (χ0v) is 12.5. The van der Waals surface area contributed by atoms with Crippen LogP contribution in [0, 0.1) is 12.7 Å². The summed E-state index contributed by atoms with van der Waals surface area (Å²) in [6.45, 7) is 3.49. The minimum absolute atomic E-state index is 0.141. The van der Waals surface area contributed by atoms with Gasteiger partial charge in [-0.15, -0.1) is 0 Å². The van der Waals surface area contributed by atoms with Crippen molar-refractivity contribution < 1.29 is 18.1 Å². The molecule has 0 radical (unpaired) electrons. The topological polar surface area (TPSA) is 81.2 Å². The smallest absolute Gasteiger partial charge is 0.255 e. The Morgan fingerprint density at radius 2 is 2.17 bits per heavy atom. The van der Waals surface area contributed by atoms with E-state index in [4.69, 9.17) is 8.94 Å². The molecular weight excluding hydrogens is 301 g/mol. The molecule has 2 heterocycles. The maximum atomic E-state index is 13.9. The largest absolute Gasteiger partial charge is 0.472 e. The predicted molar refractivity (Wildman–Crippen MR) is 79.0 cm³/mol. The fourth-order valence-electron chi connectivity index (χ4n) is 2.06. The normalized spacial score (nSPS) is 12.1. The highest BCUT2D eigenvalue weighted by atomic mass is 19.1. The lowest BCUT2D eigenvalue weighted by Crippen LogP contribution is -2.26. The number of carbonyl (C=O) groups excluding carboxylic acids is 1. The summed E-state index contributed by atoms with van der Waals surface area (Å²) in [7, 11) is 0. The first-order valence-electron chi connectivity index (χ1n) is 6.98. The molecule has 2 aromatic heterocycles. The van der Waals surface area contributed by atoms with E-state index in [9.17, 15) is 9.18 Å². The van der Waals surface area contributed by atoms with Crippen LogP contribution in [0.4, 0.5) is 4.39 Å². The van der Waals surface area contributed by atoms with E-state index in [2.05, 4.69) is 15.5 Å². The van der Waals surface area contributed by atoms with Crippen LogP contribution in [0.3, 0.4) is 0 Å². The van der Waals surface area contributed by atoms with E-state index in [1.807, 2.05) is 0 Å². The van der Waals surface area contributed by atoms with Gasteiger partial charge >= 0.3 is 0 Å². The van der Waals surface area contributed by atoms with Crippen molar-refractivity contribution in [3.63, 3.8) is 0 Å². The first kappa shape index (κ1) is 15.0. The molecular formula is C16H14FN3O3. The lowest BCUT2D eigenvalue weighted by atomic mass is 10.1. The summed E-state index contributed by atoms with van der Waals surface area (Å²) in [4.78, 5) is 16.1. The van der Waals surface area contributed by atoms with Gasteiger partial charge in [-0.3, -0.25) is 4.79 Å². The Kier molecular flexibility index (Phi) is 3.92. The van der Waals surface area contributed by atoms with Crippen molar-refractivity contribution in [2.45, 2.75) is 19.9 Å². The lowest BCUT2D eigenvalue weighted by molar-refractivity contribution is 0.0932. The van der Waals surface area contributed by atoms with Crippen molar-refractivity contribution in [3.05, 3.63) is 59.6 Å². The molecule has 0 spiro atoms. The lowest BCUT2D eigenvalue weighted by Gasteiger charge is -2.07. The SMILES string of the molecule is Cc1ccc(-c2noc([C@@H](C)NC(=O)c3ccoc3)n2)c(F)c1. The summed E-state index contributed by atoms with van der Waals surface area (Å²) in [5.41, 5.74) is 1.44. The minimum Gasteiger partial charge on any atom is -0.472 e. The van der Waals surface area contributed by atoms with Crippen LogP contribution in [0.15, 0.2) is 45.7 Å². The van der Waals surface area contributed by atoms with Crippen molar-refractivity contribution in [2.75, 3.05) is 0 Å². The maximum absolute atomic E-state index is 13.9. The van der Waals surface area contributed by atoms with Crippen LogP contribution in [0.1, 0.15) is 34.8 Å². The van der Waals surface area contributed by atoms with E-state index < -0.39 is 11.9 Å². The zero-order chi connectivity index (χ0) is 16.4. The number of amides is 1. The fourth-order valence-corrected chi connectivity index (χ4v) is 2.06. The number of carbonyl (C=O) groups is 1. The standard InChI is InChI=1S/C16H14FN3O3/c1-9-3-4-12(13(17)7-9)14-19-16(23-20-14)10(2)18-15(21)11-5-6-22-8-11/h3-8,10H,1-2H3,(H,18,21)/t10-/m1/s1. The number of furan rings is 1. The molecule has 7 heteroatoms. The van der Waals surface area contributed by atoms with Crippen LogP contribution in [0.25, 0.3) is 11.4 Å². The van der Waals surface area contributed by atoms with Crippen molar-refractivity contribution in [1.29, 1.82) is 0 Å². The minimum atomic E-state index is -0.521. The van der Waals surface area contributed by atoms with E-state index in [1.54, 1.807) is 32.0 Å². The number of aryl methyl sites for hydroxylation is 1. The molecule has 0 saturated carbocycles. The summed E-state index contributed by atoms with van der Waals surface area (Å²) in [6, 6.07) is 5.78. The molecule has 118 valence electrons. The quantitative estimate of drug-likeness (QED) is 0.799. The maximum Gasteiger partial charge on any atom is 0.255 e. The zero-order valence-electron chi connectivity index (χ0n) is 12.5. The molecule has 1 aromatic carbocycles. The highest BCUT2D eigenvalue weighted by Gasteiger charge is 2.19. The van der Waals surface area contributed by atoms with E-state index >= 15 is 0 Å². The second-order valence-electron chi connectivity index (χ2n) is 5.15. The first-order valence-corrected chi connectivity index (χ1v) is 6.98. The number of hydrogen-bond acceptors (Lipinski definition) is 5. The van der Waals surface area contributed by atoms with Gasteiger partial charge in [-0.2, -0.15) is 4.98 Å². The number of benzene rings is 1. The summed E-state index contributed by atoms with van der Waals surface area (Å²) in [6.07, 6.45) is 2.74. The third-order valence-corrected chi connectivity index (χ3v) is 3.31. The number of rotatable bonds is 4. The molecule has 0 saturated heterocycles. The van der Waals surface area contributed by atoms with Crippen LogP contribution < -0.4 is 5.32 Å². The average Bonchev–Trinajstić information content (AvgIpc) is 3.19. The molecule has 3 rings (SSSR count). The molecule has 1 N–H and O–H groups in total. The second kappa shape index (κ2) is 6.04. The fraction of sp³-hybridized carbons (Fsp3) is 0.188. The Hall–Kier alpha value is -2.96. The Balaban J connectivity index is 1.77. The molecule has 1 atom stereocenters. The number of nitrogens with zero attached hydrogens (tertiary/aromatic N) is 2. The van der Waals surface area contributed by atoms with Crippen LogP contribution >= 0.6 is 0 Å². The summed E-state index contributed by atoms with van der Waals surface area (Å²) < 4.78 is 23.9. The molecule has 23 heavy (non-hydrogen) atoms. The molecule has 0 aliphatic carbocycles. The molecule has 0 unspecified atom stereocenters. The van der Waals surface area contributed by atoms with Crippen molar-refractivity contribution >= 4 is 5.91 Å². The summed E-state index contributed by atoms with van der Waals surface area (Å²) in [5.74, 6) is -0.418. The van der Waals surface area contributed by atoms with Crippen molar-refractivity contribution in [3.8, 4) is 11.4 Å². The van der Waals surface area contributed by atoms with E-state index in [0.717, 1.165) is 5.56 Å². The Labute approximate surface area is 131 Å². The molecule has 0 aliphatic heterocycles. The first-order chi connectivity index (χ1) is 11.0. The van der Waals surface area contributed by atoms with Gasteiger partial charge in [-0.1, -0.05) is 11.2 Å². The van der Waals surface area contributed by atoms with Crippen molar-refractivity contribution in [2.24, 2.45) is 0 Å². The van der Waals surface area contributed by atoms with Gasteiger partial charge in [-0.05, 0) is 37.6 Å². The number of hydrogen-bond donors (Lipinski definition) is 1. The van der Waals surface area contributed by atoms with Gasteiger partial charge in [0, 0.05) is 0 Å². The highest BCUT2D eigenvalue weighted by molar-refractivity contribution is 5.93. The highest BCUT2D eigenvalue weighted by Crippen LogP contribution is 2.22. The van der Waals surface area contributed by atoms with Gasteiger partial charge in [0.05, 0.1) is 17.4 Å². The molecule has 0 fully saturated rings. The number of aromatic nitrogens is 2. The van der Waals surface area contributed by atoms with Gasteiger partial charge in [0.15, 0.2) is 0 Å². The Bertz CT molecular complexity index is 827.